The molecule has 1 aromatic rings. The molecule has 0 unspecified atom stereocenters. The molecule has 1 amide bonds. The molecule has 2 aliphatic rings. The van der Waals surface area contributed by atoms with Crippen molar-refractivity contribution < 1.29 is 18.7 Å². The third kappa shape index (κ3) is 3.77. The molecule has 0 N–H and O–H groups in total. The number of hydrogen-bond acceptors (Lipinski definition) is 3. The van der Waals surface area contributed by atoms with Crippen LogP contribution in [0.4, 0.5) is 4.39 Å². The number of hydrogen-bond donors (Lipinski definition) is 0. The number of carbonyl (C=O) groups is 1. The molecule has 2 saturated heterocycles. The standard InChI is InChI=1S/C17H22FNO3/c18-15-3-1-2-4-16(15)22-14-5-8-19(9-6-14)17(20)11-13-7-10-21-12-13/h1-4,13-14H,5-12H2/t13-/m0/s1. The van der Waals surface area contributed by atoms with Crippen LogP contribution < -0.4 is 4.74 Å². The van der Waals surface area contributed by atoms with Crippen LogP contribution in [-0.2, 0) is 9.53 Å². The van der Waals surface area contributed by atoms with Gasteiger partial charge in [-0.3, -0.25) is 4.79 Å². The molecule has 0 bridgehead atoms. The van der Waals surface area contributed by atoms with Crippen molar-refractivity contribution in [1.82, 2.24) is 4.90 Å². The summed E-state index contributed by atoms with van der Waals surface area (Å²) >= 11 is 0. The predicted molar refractivity (Wildman–Crippen MR) is 80.2 cm³/mol. The van der Waals surface area contributed by atoms with Gasteiger partial charge in [-0.2, -0.15) is 0 Å². The highest BCUT2D eigenvalue weighted by Gasteiger charge is 2.27. The van der Waals surface area contributed by atoms with Crippen molar-refractivity contribution in [3.05, 3.63) is 30.1 Å². The molecule has 0 saturated carbocycles. The minimum absolute atomic E-state index is 0.0178. The third-order valence-electron chi connectivity index (χ3n) is 4.41. The van der Waals surface area contributed by atoms with Gasteiger partial charge in [-0.1, -0.05) is 12.1 Å². The number of rotatable bonds is 4. The molecular formula is C17H22FNO3. The normalized spacial score (nSPS) is 22.8. The van der Waals surface area contributed by atoms with Crippen LogP contribution in [0.3, 0.4) is 0 Å². The molecule has 1 atom stereocenters. The number of likely N-dealkylation sites (tertiary alicyclic amines) is 1. The van der Waals surface area contributed by atoms with E-state index in [1.165, 1.54) is 6.07 Å². The number of benzene rings is 1. The molecule has 120 valence electrons. The molecule has 5 heteroatoms. The van der Waals surface area contributed by atoms with E-state index in [-0.39, 0.29) is 17.8 Å². The lowest BCUT2D eigenvalue weighted by Gasteiger charge is -2.32. The molecule has 0 radical (unpaired) electrons. The molecule has 0 aliphatic carbocycles. The summed E-state index contributed by atoms with van der Waals surface area (Å²) in [6.45, 7) is 2.85. The SMILES string of the molecule is O=C(C[C@@H]1CCOC1)N1CCC(Oc2ccccc2F)CC1. The highest BCUT2D eigenvalue weighted by molar-refractivity contribution is 5.76. The summed E-state index contributed by atoms with van der Waals surface area (Å²) in [5, 5.41) is 0. The van der Waals surface area contributed by atoms with Crippen molar-refractivity contribution in [1.29, 1.82) is 0 Å². The number of nitrogens with zero attached hydrogens (tertiary/aromatic N) is 1. The fraction of sp³-hybridized carbons (Fsp3) is 0.588. The maximum Gasteiger partial charge on any atom is 0.222 e. The summed E-state index contributed by atoms with van der Waals surface area (Å²) in [5.74, 6) is 0.553. The molecule has 2 fully saturated rings. The number of piperidine rings is 1. The average Bonchev–Trinajstić information content (AvgIpc) is 3.03. The van der Waals surface area contributed by atoms with Gasteiger partial charge in [0.2, 0.25) is 5.91 Å². The Labute approximate surface area is 130 Å². The van der Waals surface area contributed by atoms with Crippen molar-refractivity contribution in [2.45, 2.75) is 31.8 Å². The summed E-state index contributed by atoms with van der Waals surface area (Å²) in [7, 11) is 0. The Morgan fingerprint density at radius 2 is 2.05 bits per heavy atom. The lowest BCUT2D eigenvalue weighted by molar-refractivity contribution is -0.134. The second-order valence-corrected chi connectivity index (χ2v) is 6.06. The fourth-order valence-corrected chi connectivity index (χ4v) is 3.06. The zero-order valence-electron chi connectivity index (χ0n) is 12.7. The van der Waals surface area contributed by atoms with Gasteiger partial charge in [0.25, 0.3) is 0 Å². The monoisotopic (exact) mass is 307 g/mol. The van der Waals surface area contributed by atoms with E-state index in [2.05, 4.69) is 0 Å². The molecule has 1 aromatic carbocycles. The Kier molecular flexibility index (Phi) is 4.93. The first-order valence-electron chi connectivity index (χ1n) is 7.99. The van der Waals surface area contributed by atoms with Crippen LogP contribution in [0, 0.1) is 11.7 Å². The quantitative estimate of drug-likeness (QED) is 0.858. The smallest absolute Gasteiger partial charge is 0.222 e. The van der Waals surface area contributed by atoms with E-state index in [1.807, 2.05) is 4.90 Å². The summed E-state index contributed by atoms with van der Waals surface area (Å²) in [6.07, 6.45) is 3.05. The Hall–Kier alpha value is -1.62. The highest BCUT2D eigenvalue weighted by atomic mass is 19.1. The van der Waals surface area contributed by atoms with Gasteiger partial charge >= 0.3 is 0 Å². The van der Waals surface area contributed by atoms with Crippen molar-refractivity contribution in [2.75, 3.05) is 26.3 Å². The number of halogens is 1. The number of carbonyl (C=O) groups excluding carboxylic acids is 1. The van der Waals surface area contributed by atoms with Gasteiger partial charge in [0.05, 0.1) is 0 Å². The van der Waals surface area contributed by atoms with E-state index in [4.69, 9.17) is 9.47 Å². The van der Waals surface area contributed by atoms with Gasteiger partial charge in [-0.05, 0) is 24.5 Å². The summed E-state index contributed by atoms with van der Waals surface area (Å²) < 4.78 is 24.6. The Morgan fingerprint density at radius 1 is 1.27 bits per heavy atom. The summed E-state index contributed by atoms with van der Waals surface area (Å²) in [6, 6.07) is 6.46. The van der Waals surface area contributed by atoms with E-state index < -0.39 is 0 Å². The van der Waals surface area contributed by atoms with Gasteiger partial charge in [-0.25, -0.2) is 4.39 Å². The van der Waals surface area contributed by atoms with Gasteiger partial charge in [0.15, 0.2) is 11.6 Å². The van der Waals surface area contributed by atoms with Crippen LogP contribution in [0.2, 0.25) is 0 Å². The van der Waals surface area contributed by atoms with Crippen LogP contribution in [0.5, 0.6) is 5.75 Å². The first kappa shape index (κ1) is 15.3. The largest absolute Gasteiger partial charge is 0.487 e. The topological polar surface area (TPSA) is 38.8 Å². The highest BCUT2D eigenvalue weighted by Crippen LogP contribution is 2.23. The van der Waals surface area contributed by atoms with Crippen LogP contribution in [0.25, 0.3) is 0 Å². The van der Waals surface area contributed by atoms with Crippen LogP contribution in [0.15, 0.2) is 24.3 Å². The van der Waals surface area contributed by atoms with Crippen molar-refractivity contribution in [3.8, 4) is 5.75 Å². The van der Waals surface area contributed by atoms with Crippen molar-refractivity contribution in [2.24, 2.45) is 5.92 Å². The van der Waals surface area contributed by atoms with Gasteiger partial charge in [0.1, 0.15) is 6.10 Å². The average molecular weight is 307 g/mol. The molecule has 2 heterocycles. The van der Waals surface area contributed by atoms with Crippen molar-refractivity contribution >= 4 is 5.91 Å². The van der Waals surface area contributed by atoms with Gasteiger partial charge in [0, 0.05) is 45.6 Å². The van der Waals surface area contributed by atoms with Gasteiger partial charge < -0.3 is 14.4 Å². The van der Waals surface area contributed by atoms with Crippen LogP contribution in [-0.4, -0.2) is 43.2 Å². The third-order valence-corrected chi connectivity index (χ3v) is 4.41. The van der Waals surface area contributed by atoms with Crippen LogP contribution in [0.1, 0.15) is 25.7 Å². The van der Waals surface area contributed by atoms with E-state index in [0.29, 0.717) is 37.8 Å². The lowest BCUT2D eigenvalue weighted by atomic mass is 10.0. The van der Waals surface area contributed by atoms with Crippen molar-refractivity contribution in [3.63, 3.8) is 0 Å². The molecule has 0 spiro atoms. The van der Waals surface area contributed by atoms with E-state index in [0.717, 1.165) is 25.9 Å². The zero-order valence-corrected chi connectivity index (χ0v) is 12.7. The Bertz CT molecular complexity index is 508. The van der Waals surface area contributed by atoms with Gasteiger partial charge in [-0.15, -0.1) is 0 Å². The minimum Gasteiger partial charge on any atom is -0.487 e. The first-order chi connectivity index (χ1) is 10.7. The number of ether oxygens (including phenoxy) is 2. The molecule has 3 rings (SSSR count). The molecule has 22 heavy (non-hydrogen) atoms. The zero-order chi connectivity index (χ0) is 15.4. The van der Waals surface area contributed by atoms with E-state index >= 15 is 0 Å². The molecule has 4 nitrogen and oxygen atoms in total. The Morgan fingerprint density at radius 3 is 2.73 bits per heavy atom. The number of amides is 1. The summed E-state index contributed by atoms with van der Waals surface area (Å²) in [5.41, 5.74) is 0. The lowest BCUT2D eigenvalue weighted by Crippen LogP contribution is -2.42. The van der Waals surface area contributed by atoms with E-state index in [1.54, 1.807) is 18.2 Å². The Balaban J connectivity index is 1.45. The minimum atomic E-state index is -0.331. The maximum atomic E-state index is 13.6. The molecule has 2 aliphatic heterocycles. The van der Waals surface area contributed by atoms with Crippen LogP contribution >= 0.6 is 0 Å². The number of para-hydroxylation sites is 1. The molecule has 0 aromatic heterocycles. The maximum absolute atomic E-state index is 13.6. The first-order valence-corrected chi connectivity index (χ1v) is 7.99. The van der Waals surface area contributed by atoms with E-state index in [9.17, 15) is 9.18 Å². The predicted octanol–water partition coefficient (Wildman–Crippen LogP) is 2.62. The fourth-order valence-electron chi connectivity index (χ4n) is 3.06. The summed E-state index contributed by atoms with van der Waals surface area (Å²) in [4.78, 5) is 14.1. The molecular weight excluding hydrogens is 285 g/mol. The second kappa shape index (κ2) is 7.09. The second-order valence-electron chi connectivity index (χ2n) is 6.06.